The number of amides is 1. The first-order valence-electron chi connectivity index (χ1n) is 6.32. The van der Waals surface area contributed by atoms with Crippen molar-refractivity contribution in [1.82, 2.24) is 0 Å². The number of hydrogen-bond donors (Lipinski definition) is 1. The number of rotatable bonds is 6. The van der Waals surface area contributed by atoms with E-state index in [1.807, 2.05) is 0 Å². The molecule has 1 heterocycles. The maximum absolute atomic E-state index is 11.9. The molecular weight excluding hydrogens is 262 g/mol. The highest BCUT2D eigenvalue weighted by atomic mass is 16.5. The van der Waals surface area contributed by atoms with Gasteiger partial charge in [-0.15, -0.1) is 0 Å². The van der Waals surface area contributed by atoms with Gasteiger partial charge >= 0.3 is 0 Å². The first kappa shape index (κ1) is 14.3. The highest BCUT2D eigenvalue weighted by molar-refractivity contribution is 5.93. The normalized spacial score (nSPS) is 17.8. The van der Waals surface area contributed by atoms with Gasteiger partial charge in [-0.25, -0.2) is 0 Å². The molecule has 6 nitrogen and oxygen atoms in total. The summed E-state index contributed by atoms with van der Waals surface area (Å²) in [6, 6.07) is 4.61. The van der Waals surface area contributed by atoms with Gasteiger partial charge < -0.3 is 19.9 Å². The van der Waals surface area contributed by atoms with Crippen molar-refractivity contribution in [3.05, 3.63) is 23.8 Å². The molecule has 1 fully saturated rings. The average Bonchev–Trinajstić information content (AvgIpc) is 2.98. The molecule has 0 saturated carbocycles. The van der Waals surface area contributed by atoms with Crippen molar-refractivity contribution in [3.8, 4) is 11.5 Å². The van der Waals surface area contributed by atoms with Gasteiger partial charge in [0, 0.05) is 24.2 Å². The van der Waals surface area contributed by atoms with E-state index >= 15 is 0 Å². The molecule has 108 valence electrons. The van der Waals surface area contributed by atoms with Crippen molar-refractivity contribution >= 4 is 11.7 Å². The van der Waals surface area contributed by atoms with Crippen LogP contribution in [0.4, 0.5) is 0 Å². The van der Waals surface area contributed by atoms with Crippen molar-refractivity contribution in [2.45, 2.75) is 6.42 Å². The Morgan fingerprint density at radius 3 is 2.70 bits per heavy atom. The van der Waals surface area contributed by atoms with Crippen LogP contribution in [-0.2, 0) is 9.53 Å². The fourth-order valence-electron chi connectivity index (χ4n) is 1.98. The van der Waals surface area contributed by atoms with Crippen LogP contribution >= 0.6 is 0 Å². The average molecular weight is 279 g/mol. The van der Waals surface area contributed by atoms with Crippen LogP contribution in [0.5, 0.6) is 11.5 Å². The summed E-state index contributed by atoms with van der Waals surface area (Å²) in [5.41, 5.74) is 5.50. The van der Waals surface area contributed by atoms with Gasteiger partial charge in [0.1, 0.15) is 18.1 Å². The van der Waals surface area contributed by atoms with Gasteiger partial charge in [-0.1, -0.05) is 0 Å². The molecule has 1 aliphatic heterocycles. The number of carbonyl (C=O) groups is 2. The van der Waals surface area contributed by atoms with Crippen LogP contribution < -0.4 is 15.2 Å². The number of methoxy groups -OCH3 is 1. The van der Waals surface area contributed by atoms with Gasteiger partial charge in [-0.3, -0.25) is 9.59 Å². The second-order valence-corrected chi connectivity index (χ2v) is 4.58. The van der Waals surface area contributed by atoms with Crippen LogP contribution in [0.3, 0.4) is 0 Å². The molecule has 1 atom stereocenters. The lowest BCUT2D eigenvalue weighted by Crippen LogP contribution is -2.21. The van der Waals surface area contributed by atoms with Gasteiger partial charge in [0.2, 0.25) is 5.91 Å². The van der Waals surface area contributed by atoms with Gasteiger partial charge in [-0.2, -0.15) is 0 Å². The van der Waals surface area contributed by atoms with E-state index < -0.39 is 5.91 Å². The summed E-state index contributed by atoms with van der Waals surface area (Å²) in [5, 5.41) is 0. The Hall–Kier alpha value is -2.08. The fraction of sp³-hybridized carbons (Fsp3) is 0.429. The second-order valence-electron chi connectivity index (χ2n) is 4.58. The largest absolute Gasteiger partial charge is 0.497 e. The lowest BCUT2D eigenvalue weighted by molar-refractivity contribution is -0.124. The Morgan fingerprint density at radius 2 is 2.10 bits per heavy atom. The minimum absolute atomic E-state index is 0.00838. The van der Waals surface area contributed by atoms with Crippen molar-refractivity contribution < 1.29 is 23.8 Å². The third kappa shape index (κ3) is 3.48. The van der Waals surface area contributed by atoms with E-state index in [4.69, 9.17) is 19.9 Å². The summed E-state index contributed by atoms with van der Waals surface area (Å²) >= 11 is 0. The number of primary amides is 1. The molecule has 1 aliphatic rings. The number of benzene rings is 1. The van der Waals surface area contributed by atoms with E-state index in [1.54, 1.807) is 6.07 Å². The number of Topliss-reactive ketones (excluding diaryl/α,β-unsaturated/α-hetero) is 1. The minimum atomic E-state index is -0.579. The third-order valence-corrected chi connectivity index (χ3v) is 3.17. The summed E-state index contributed by atoms with van der Waals surface area (Å²) < 4.78 is 15.6. The second kappa shape index (κ2) is 6.38. The molecular formula is C14H17NO5. The van der Waals surface area contributed by atoms with Crippen molar-refractivity contribution in [2.24, 2.45) is 11.7 Å². The summed E-state index contributed by atoms with van der Waals surface area (Å²) in [6.45, 7) is 1.01. The number of nitrogens with two attached hydrogens (primary N) is 1. The summed E-state index contributed by atoms with van der Waals surface area (Å²) in [4.78, 5) is 23.1. The Balaban J connectivity index is 2.02. The minimum Gasteiger partial charge on any atom is -0.497 e. The predicted octanol–water partition coefficient (Wildman–Crippen LogP) is 0.779. The van der Waals surface area contributed by atoms with Crippen LogP contribution in [0.1, 0.15) is 16.8 Å². The van der Waals surface area contributed by atoms with Gasteiger partial charge in [0.15, 0.2) is 5.78 Å². The molecule has 1 aromatic rings. The Kier molecular flexibility index (Phi) is 4.57. The number of carbonyl (C=O) groups excluding carboxylic acids is 2. The molecule has 0 radical (unpaired) electrons. The smallest absolute Gasteiger partial charge is 0.248 e. The Morgan fingerprint density at radius 1 is 1.35 bits per heavy atom. The van der Waals surface area contributed by atoms with Crippen molar-refractivity contribution in [2.75, 3.05) is 26.9 Å². The van der Waals surface area contributed by atoms with Crippen LogP contribution in [0.15, 0.2) is 18.2 Å². The standard InChI is InChI=1S/C14H17NO5/c1-18-11-4-10(14(15)17)5-12(6-11)20-8-13(16)9-2-3-19-7-9/h4-6,9H,2-3,7-8H2,1H3,(H2,15,17). The van der Waals surface area contributed by atoms with E-state index in [0.29, 0.717) is 24.7 Å². The zero-order chi connectivity index (χ0) is 14.5. The molecule has 2 N–H and O–H groups in total. The first-order valence-corrected chi connectivity index (χ1v) is 6.32. The molecule has 0 aromatic heterocycles. The van der Waals surface area contributed by atoms with Crippen LogP contribution in [0.2, 0.25) is 0 Å². The van der Waals surface area contributed by atoms with Crippen LogP contribution in [0.25, 0.3) is 0 Å². The van der Waals surface area contributed by atoms with Gasteiger partial charge in [0.05, 0.1) is 13.7 Å². The summed E-state index contributed by atoms with van der Waals surface area (Å²) in [7, 11) is 1.48. The van der Waals surface area contributed by atoms with Crippen molar-refractivity contribution in [1.29, 1.82) is 0 Å². The highest BCUT2D eigenvalue weighted by Gasteiger charge is 2.23. The number of hydrogen-bond acceptors (Lipinski definition) is 5. The molecule has 0 aliphatic carbocycles. The third-order valence-electron chi connectivity index (χ3n) is 3.17. The Labute approximate surface area is 116 Å². The molecule has 1 amide bonds. The SMILES string of the molecule is COc1cc(OCC(=O)C2CCOC2)cc(C(N)=O)c1. The molecule has 0 spiro atoms. The molecule has 20 heavy (non-hydrogen) atoms. The molecule has 6 heteroatoms. The molecule has 0 bridgehead atoms. The first-order chi connectivity index (χ1) is 9.60. The van der Waals surface area contributed by atoms with E-state index in [1.165, 1.54) is 19.2 Å². The van der Waals surface area contributed by atoms with E-state index in [2.05, 4.69) is 0 Å². The lowest BCUT2D eigenvalue weighted by atomic mass is 10.0. The maximum atomic E-state index is 11.9. The van der Waals surface area contributed by atoms with E-state index in [-0.39, 0.29) is 23.9 Å². The number of ketones is 1. The van der Waals surface area contributed by atoms with Crippen LogP contribution in [0, 0.1) is 5.92 Å². The monoisotopic (exact) mass is 279 g/mol. The van der Waals surface area contributed by atoms with E-state index in [9.17, 15) is 9.59 Å². The van der Waals surface area contributed by atoms with E-state index in [0.717, 1.165) is 6.42 Å². The Bertz CT molecular complexity index is 508. The molecule has 1 saturated heterocycles. The topological polar surface area (TPSA) is 87.8 Å². The summed E-state index contributed by atoms with van der Waals surface area (Å²) in [6.07, 6.45) is 0.729. The molecule has 2 rings (SSSR count). The predicted molar refractivity (Wildman–Crippen MR) is 70.9 cm³/mol. The van der Waals surface area contributed by atoms with Gasteiger partial charge in [-0.05, 0) is 18.6 Å². The molecule has 1 aromatic carbocycles. The quantitative estimate of drug-likeness (QED) is 0.831. The lowest BCUT2D eigenvalue weighted by Gasteiger charge is -2.11. The summed E-state index contributed by atoms with van der Waals surface area (Å²) in [5.74, 6) is 0.143. The highest BCUT2D eigenvalue weighted by Crippen LogP contribution is 2.23. The fourth-order valence-corrected chi connectivity index (χ4v) is 1.98. The zero-order valence-corrected chi connectivity index (χ0v) is 11.3. The van der Waals surface area contributed by atoms with Gasteiger partial charge in [0.25, 0.3) is 0 Å². The zero-order valence-electron chi connectivity index (χ0n) is 11.3. The molecule has 1 unspecified atom stereocenters. The maximum Gasteiger partial charge on any atom is 0.248 e. The van der Waals surface area contributed by atoms with Crippen molar-refractivity contribution in [3.63, 3.8) is 0 Å². The van der Waals surface area contributed by atoms with Crippen LogP contribution in [-0.4, -0.2) is 38.6 Å². The number of ether oxygens (including phenoxy) is 3.